The van der Waals surface area contributed by atoms with E-state index in [9.17, 15) is 0 Å². The third kappa shape index (κ3) is 5.91. The third-order valence-electron chi connectivity index (χ3n) is 2.28. The molecule has 0 spiro atoms. The Labute approximate surface area is 118 Å². The minimum atomic E-state index is -0.165. The predicted octanol–water partition coefficient (Wildman–Crippen LogP) is 4.19. The molecule has 0 fully saturated rings. The number of ether oxygens (including phenoxy) is 2. The first kappa shape index (κ1) is 15.6. The van der Waals surface area contributed by atoms with Gasteiger partial charge in [-0.15, -0.1) is 0 Å². The lowest BCUT2D eigenvalue weighted by Crippen LogP contribution is -2.21. The summed E-state index contributed by atoms with van der Waals surface area (Å²) in [6.45, 7) is 5.94. The maximum absolute atomic E-state index is 5.92. The molecule has 0 aliphatic carbocycles. The van der Waals surface area contributed by atoms with Gasteiger partial charge in [-0.1, -0.05) is 23.2 Å². The van der Waals surface area contributed by atoms with Crippen molar-refractivity contribution in [2.45, 2.75) is 26.6 Å². The van der Waals surface area contributed by atoms with Crippen LogP contribution in [-0.4, -0.2) is 26.0 Å². The molecule has 5 heteroatoms. The largest absolute Gasteiger partial charge is 0.385 e. The Balaban J connectivity index is 2.39. The maximum atomic E-state index is 5.92. The second kappa shape index (κ2) is 8.59. The molecular weight excluding hydrogens is 273 g/mol. The van der Waals surface area contributed by atoms with Crippen LogP contribution < -0.4 is 5.32 Å². The molecule has 0 amide bonds. The highest BCUT2D eigenvalue weighted by atomic mass is 35.5. The second-order valence-electron chi connectivity index (χ2n) is 3.71. The topological polar surface area (TPSA) is 30.5 Å². The SMILES string of the molecule is CCOC(CCNc1cc(Cl)cc(Cl)c1)OCC. The highest BCUT2D eigenvalue weighted by molar-refractivity contribution is 6.35. The summed E-state index contributed by atoms with van der Waals surface area (Å²) in [5.74, 6) is 0. The van der Waals surface area contributed by atoms with Crippen LogP contribution in [0.5, 0.6) is 0 Å². The molecule has 0 aliphatic heterocycles. The van der Waals surface area contributed by atoms with Gasteiger partial charge in [0.05, 0.1) is 0 Å². The maximum Gasteiger partial charge on any atom is 0.159 e. The van der Waals surface area contributed by atoms with Crippen LogP contribution in [0.1, 0.15) is 20.3 Å². The van der Waals surface area contributed by atoms with Crippen LogP contribution in [0, 0.1) is 0 Å². The second-order valence-corrected chi connectivity index (χ2v) is 4.59. The van der Waals surface area contributed by atoms with Gasteiger partial charge in [0.15, 0.2) is 6.29 Å². The van der Waals surface area contributed by atoms with Gasteiger partial charge < -0.3 is 14.8 Å². The summed E-state index contributed by atoms with van der Waals surface area (Å²) in [7, 11) is 0. The summed E-state index contributed by atoms with van der Waals surface area (Å²) < 4.78 is 10.9. The molecule has 0 heterocycles. The Morgan fingerprint density at radius 3 is 2.11 bits per heavy atom. The van der Waals surface area contributed by atoms with Crippen molar-refractivity contribution in [3.63, 3.8) is 0 Å². The molecule has 102 valence electrons. The molecule has 18 heavy (non-hydrogen) atoms. The summed E-state index contributed by atoms with van der Waals surface area (Å²) in [6.07, 6.45) is 0.605. The van der Waals surface area contributed by atoms with E-state index in [2.05, 4.69) is 5.32 Å². The summed E-state index contributed by atoms with van der Waals surface area (Å²) in [6, 6.07) is 5.38. The van der Waals surface area contributed by atoms with Gasteiger partial charge in [0, 0.05) is 41.9 Å². The van der Waals surface area contributed by atoms with E-state index in [4.69, 9.17) is 32.7 Å². The van der Waals surface area contributed by atoms with Crippen LogP contribution in [0.2, 0.25) is 10.0 Å². The van der Waals surface area contributed by atoms with Crippen molar-refractivity contribution in [2.24, 2.45) is 0 Å². The van der Waals surface area contributed by atoms with Gasteiger partial charge >= 0.3 is 0 Å². The summed E-state index contributed by atoms with van der Waals surface area (Å²) in [5, 5.41) is 4.49. The molecule has 0 radical (unpaired) electrons. The zero-order valence-corrected chi connectivity index (χ0v) is 12.2. The zero-order valence-electron chi connectivity index (χ0n) is 10.7. The van der Waals surface area contributed by atoms with Crippen LogP contribution in [0.3, 0.4) is 0 Å². The number of benzene rings is 1. The Hall–Kier alpha value is -0.480. The standard InChI is InChI=1S/C13H19Cl2NO2/c1-3-17-13(18-4-2)5-6-16-12-8-10(14)7-11(15)9-12/h7-9,13,16H,3-6H2,1-2H3. The van der Waals surface area contributed by atoms with Gasteiger partial charge in [-0.05, 0) is 32.0 Å². The lowest BCUT2D eigenvalue weighted by molar-refractivity contribution is -0.137. The first-order valence-electron chi connectivity index (χ1n) is 6.08. The molecule has 1 aromatic carbocycles. The van der Waals surface area contributed by atoms with Crippen molar-refractivity contribution in [1.29, 1.82) is 0 Å². The molecule has 0 saturated heterocycles. The van der Waals surface area contributed by atoms with Gasteiger partial charge in [0.1, 0.15) is 0 Å². The van der Waals surface area contributed by atoms with Crippen molar-refractivity contribution in [3.05, 3.63) is 28.2 Å². The number of hydrogen-bond acceptors (Lipinski definition) is 3. The van der Waals surface area contributed by atoms with E-state index in [-0.39, 0.29) is 6.29 Å². The molecule has 0 aliphatic rings. The molecule has 0 aromatic heterocycles. The molecule has 0 unspecified atom stereocenters. The van der Waals surface area contributed by atoms with Crippen LogP contribution in [0.25, 0.3) is 0 Å². The fraction of sp³-hybridized carbons (Fsp3) is 0.538. The van der Waals surface area contributed by atoms with Crippen LogP contribution in [0.15, 0.2) is 18.2 Å². The van der Waals surface area contributed by atoms with Gasteiger partial charge in [0.25, 0.3) is 0 Å². The van der Waals surface area contributed by atoms with Crippen molar-refractivity contribution >= 4 is 28.9 Å². The molecule has 0 atom stereocenters. The Kier molecular flexibility index (Phi) is 7.44. The first-order chi connectivity index (χ1) is 8.65. The first-order valence-corrected chi connectivity index (χ1v) is 6.84. The van der Waals surface area contributed by atoms with Crippen LogP contribution in [0.4, 0.5) is 5.69 Å². The predicted molar refractivity (Wildman–Crippen MR) is 76.6 cm³/mol. The lowest BCUT2D eigenvalue weighted by Gasteiger charge is -2.17. The van der Waals surface area contributed by atoms with Crippen molar-refractivity contribution in [1.82, 2.24) is 0 Å². The van der Waals surface area contributed by atoms with E-state index in [1.807, 2.05) is 26.0 Å². The van der Waals surface area contributed by atoms with Crippen LogP contribution in [-0.2, 0) is 9.47 Å². The smallest absolute Gasteiger partial charge is 0.159 e. The molecular formula is C13H19Cl2NO2. The fourth-order valence-corrected chi connectivity index (χ4v) is 2.10. The minimum Gasteiger partial charge on any atom is -0.385 e. The van der Waals surface area contributed by atoms with E-state index in [0.717, 1.165) is 18.7 Å². The minimum absolute atomic E-state index is 0.165. The number of anilines is 1. The monoisotopic (exact) mass is 291 g/mol. The normalized spacial score (nSPS) is 10.9. The van der Waals surface area contributed by atoms with Crippen LogP contribution >= 0.6 is 23.2 Å². The average molecular weight is 292 g/mol. The molecule has 0 saturated carbocycles. The Morgan fingerprint density at radius 2 is 1.61 bits per heavy atom. The van der Waals surface area contributed by atoms with E-state index >= 15 is 0 Å². The number of rotatable bonds is 8. The molecule has 0 bridgehead atoms. The van der Waals surface area contributed by atoms with E-state index < -0.39 is 0 Å². The van der Waals surface area contributed by atoms with Gasteiger partial charge in [0.2, 0.25) is 0 Å². The van der Waals surface area contributed by atoms with E-state index in [1.165, 1.54) is 0 Å². The molecule has 3 nitrogen and oxygen atoms in total. The lowest BCUT2D eigenvalue weighted by atomic mass is 10.3. The van der Waals surface area contributed by atoms with Gasteiger partial charge in [-0.3, -0.25) is 0 Å². The third-order valence-corrected chi connectivity index (χ3v) is 2.71. The van der Waals surface area contributed by atoms with Crippen molar-refractivity contribution < 1.29 is 9.47 Å². The summed E-state index contributed by atoms with van der Waals surface area (Å²) in [5.41, 5.74) is 0.902. The quantitative estimate of drug-likeness (QED) is 0.729. The number of hydrogen-bond donors (Lipinski definition) is 1. The molecule has 1 rings (SSSR count). The Bertz CT molecular complexity index is 335. The fourth-order valence-electron chi connectivity index (χ4n) is 1.58. The number of nitrogens with one attached hydrogen (secondary N) is 1. The number of halogens is 2. The van der Waals surface area contributed by atoms with E-state index in [1.54, 1.807) is 6.07 Å². The average Bonchev–Trinajstić information content (AvgIpc) is 2.28. The zero-order chi connectivity index (χ0) is 13.4. The van der Waals surface area contributed by atoms with Gasteiger partial charge in [-0.2, -0.15) is 0 Å². The Morgan fingerprint density at radius 1 is 1.06 bits per heavy atom. The van der Waals surface area contributed by atoms with Gasteiger partial charge in [-0.25, -0.2) is 0 Å². The summed E-state index contributed by atoms with van der Waals surface area (Å²) in [4.78, 5) is 0. The van der Waals surface area contributed by atoms with Crippen molar-refractivity contribution in [2.75, 3.05) is 25.1 Å². The highest BCUT2D eigenvalue weighted by Crippen LogP contribution is 2.22. The van der Waals surface area contributed by atoms with E-state index in [0.29, 0.717) is 23.3 Å². The molecule has 1 aromatic rings. The van der Waals surface area contributed by atoms with Crippen molar-refractivity contribution in [3.8, 4) is 0 Å². The summed E-state index contributed by atoms with van der Waals surface area (Å²) >= 11 is 11.8. The molecule has 1 N–H and O–H groups in total. The highest BCUT2D eigenvalue weighted by Gasteiger charge is 2.07.